The molecule has 0 saturated heterocycles. The van der Waals surface area contributed by atoms with Crippen LogP contribution in [0.5, 0.6) is 11.5 Å². The van der Waals surface area contributed by atoms with E-state index in [0.717, 1.165) is 40.6 Å². The molecular weight excluding hydrogens is 392 g/mol. The van der Waals surface area contributed by atoms with E-state index in [4.69, 9.17) is 9.47 Å². The SMILES string of the molecule is CCc1cccc2c(C(C)=O)cn(CC(=O)N[C@H](C)c3ccc4c(c3)OCCCO4)c12. The highest BCUT2D eigenvalue weighted by atomic mass is 16.5. The first-order chi connectivity index (χ1) is 15.0. The van der Waals surface area contributed by atoms with Gasteiger partial charge in [-0.15, -0.1) is 0 Å². The van der Waals surface area contributed by atoms with Crippen LogP contribution in [0, 0.1) is 0 Å². The number of para-hydroxylation sites is 1. The van der Waals surface area contributed by atoms with E-state index in [2.05, 4.69) is 12.2 Å². The second-order valence-corrected chi connectivity index (χ2v) is 7.94. The Labute approximate surface area is 182 Å². The van der Waals surface area contributed by atoms with Gasteiger partial charge in [0, 0.05) is 23.6 Å². The second kappa shape index (κ2) is 8.84. The molecule has 162 valence electrons. The maximum atomic E-state index is 12.9. The van der Waals surface area contributed by atoms with Crippen LogP contribution < -0.4 is 14.8 Å². The van der Waals surface area contributed by atoms with Gasteiger partial charge in [0.2, 0.25) is 5.91 Å². The van der Waals surface area contributed by atoms with Crippen LogP contribution in [-0.2, 0) is 17.8 Å². The van der Waals surface area contributed by atoms with Gasteiger partial charge in [-0.1, -0.05) is 31.2 Å². The van der Waals surface area contributed by atoms with Crippen molar-refractivity contribution >= 4 is 22.6 Å². The Hall–Kier alpha value is -3.28. The molecule has 1 aromatic heterocycles. The molecule has 3 aromatic rings. The molecule has 4 rings (SSSR count). The summed E-state index contributed by atoms with van der Waals surface area (Å²) in [4.78, 5) is 25.0. The first-order valence-electron chi connectivity index (χ1n) is 10.8. The zero-order valence-electron chi connectivity index (χ0n) is 18.2. The van der Waals surface area contributed by atoms with E-state index in [1.165, 1.54) is 0 Å². The van der Waals surface area contributed by atoms with Crippen molar-refractivity contribution in [1.82, 2.24) is 9.88 Å². The van der Waals surface area contributed by atoms with Crippen LogP contribution in [0.2, 0.25) is 0 Å². The standard InChI is InChI=1S/C25H28N2O4/c1-4-18-7-5-8-20-21(17(3)28)14-27(25(18)20)15-24(29)26-16(2)19-9-10-22-23(13-19)31-12-6-11-30-22/h5,7-10,13-14,16H,4,6,11-12,15H2,1-3H3,(H,26,29)/t16-/m1/s1. The molecule has 0 unspecified atom stereocenters. The largest absolute Gasteiger partial charge is 0.490 e. The van der Waals surface area contributed by atoms with E-state index < -0.39 is 0 Å². The average molecular weight is 421 g/mol. The van der Waals surface area contributed by atoms with E-state index in [0.29, 0.717) is 24.5 Å². The Kier molecular flexibility index (Phi) is 5.98. The number of Topliss-reactive ketones (excluding diaryl/α,β-unsaturated/α-hetero) is 1. The summed E-state index contributed by atoms with van der Waals surface area (Å²) in [7, 11) is 0. The highest BCUT2D eigenvalue weighted by Crippen LogP contribution is 2.32. The van der Waals surface area contributed by atoms with Gasteiger partial charge in [0.15, 0.2) is 17.3 Å². The average Bonchev–Trinajstić information content (AvgIpc) is 2.96. The number of fused-ring (bicyclic) bond motifs is 2. The minimum atomic E-state index is -0.190. The molecule has 1 N–H and O–H groups in total. The van der Waals surface area contributed by atoms with Crippen LogP contribution in [-0.4, -0.2) is 29.5 Å². The number of aromatic nitrogens is 1. The van der Waals surface area contributed by atoms with Crippen LogP contribution in [0.25, 0.3) is 10.9 Å². The molecule has 0 spiro atoms. The summed E-state index contributed by atoms with van der Waals surface area (Å²) in [5.74, 6) is 1.34. The van der Waals surface area contributed by atoms with Gasteiger partial charge < -0.3 is 19.4 Å². The predicted octanol–water partition coefficient (Wildman–Crippen LogP) is 4.45. The lowest BCUT2D eigenvalue weighted by atomic mass is 10.1. The second-order valence-electron chi connectivity index (χ2n) is 7.94. The third-order valence-corrected chi connectivity index (χ3v) is 5.71. The van der Waals surface area contributed by atoms with Crippen LogP contribution in [0.15, 0.2) is 42.6 Å². The number of ketones is 1. The molecule has 1 atom stereocenters. The van der Waals surface area contributed by atoms with Crippen LogP contribution in [0.3, 0.4) is 0 Å². The molecule has 1 aliphatic rings. The van der Waals surface area contributed by atoms with Gasteiger partial charge >= 0.3 is 0 Å². The zero-order valence-corrected chi connectivity index (χ0v) is 18.2. The van der Waals surface area contributed by atoms with Gasteiger partial charge in [-0.05, 0) is 43.5 Å². The first kappa shape index (κ1) is 21.0. The molecule has 6 nitrogen and oxygen atoms in total. The smallest absolute Gasteiger partial charge is 0.240 e. The summed E-state index contributed by atoms with van der Waals surface area (Å²) >= 11 is 0. The van der Waals surface area contributed by atoms with E-state index in [9.17, 15) is 9.59 Å². The summed E-state index contributed by atoms with van der Waals surface area (Å²) < 4.78 is 13.3. The summed E-state index contributed by atoms with van der Waals surface area (Å²) in [6, 6.07) is 11.5. The van der Waals surface area contributed by atoms with Gasteiger partial charge in [0.25, 0.3) is 0 Å². The van der Waals surface area contributed by atoms with Gasteiger partial charge in [-0.3, -0.25) is 9.59 Å². The van der Waals surface area contributed by atoms with Crippen molar-refractivity contribution < 1.29 is 19.1 Å². The topological polar surface area (TPSA) is 69.6 Å². The summed E-state index contributed by atoms with van der Waals surface area (Å²) in [5.41, 5.74) is 3.67. The molecule has 6 heteroatoms. The number of aryl methyl sites for hydroxylation is 1. The molecule has 1 aliphatic heterocycles. The Morgan fingerprint density at radius 3 is 2.65 bits per heavy atom. The number of hydrogen-bond donors (Lipinski definition) is 1. The maximum absolute atomic E-state index is 12.9. The van der Waals surface area contributed by atoms with Gasteiger partial charge in [-0.25, -0.2) is 0 Å². The van der Waals surface area contributed by atoms with Gasteiger partial charge in [-0.2, -0.15) is 0 Å². The molecule has 0 bridgehead atoms. The zero-order chi connectivity index (χ0) is 22.0. The number of rotatable bonds is 6. The van der Waals surface area contributed by atoms with E-state index in [1.807, 2.05) is 47.9 Å². The monoisotopic (exact) mass is 420 g/mol. The lowest BCUT2D eigenvalue weighted by Gasteiger charge is -2.17. The molecule has 0 fully saturated rings. The van der Waals surface area contributed by atoms with Crippen molar-refractivity contribution in [2.24, 2.45) is 0 Å². The van der Waals surface area contributed by atoms with Crippen LogP contribution in [0.1, 0.15) is 54.7 Å². The number of nitrogens with zero attached hydrogens (tertiary/aromatic N) is 1. The highest BCUT2D eigenvalue weighted by molar-refractivity contribution is 6.07. The Morgan fingerprint density at radius 2 is 1.90 bits per heavy atom. The molecule has 2 heterocycles. The molecule has 2 aromatic carbocycles. The van der Waals surface area contributed by atoms with E-state index in [1.54, 1.807) is 13.1 Å². The molecule has 0 saturated carbocycles. The highest BCUT2D eigenvalue weighted by Gasteiger charge is 2.18. The third kappa shape index (κ3) is 4.29. The first-order valence-corrected chi connectivity index (χ1v) is 10.8. The van der Waals surface area contributed by atoms with Crippen molar-refractivity contribution in [3.05, 3.63) is 59.3 Å². The Balaban J connectivity index is 1.54. The van der Waals surface area contributed by atoms with Crippen molar-refractivity contribution in [3.8, 4) is 11.5 Å². The Bertz CT molecular complexity index is 1130. The number of carbonyl (C=O) groups is 2. The Morgan fingerprint density at radius 1 is 1.13 bits per heavy atom. The van der Waals surface area contributed by atoms with Crippen LogP contribution >= 0.6 is 0 Å². The number of hydrogen-bond acceptors (Lipinski definition) is 4. The lowest BCUT2D eigenvalue weighted by molar-refractivity contribution is -0.122. The van der Waals surface area contributed by atoms with Gasteiger partial charge in [0.1, 0.15) is 6.54 Å². The van der Waals surface area contributed by atoms with Crippen molar-refractivity contribution in [3.63, 3.8) is 0 Å². The molecule has 0 aliphatic carbocycles. The number of benzene rings is 2. The number of carbonyl (C=O) groups excluding carboxylic acids is 2. The fourth-order valence-electron chi connectivity index (χ4n) is 4.10. The summed E-state index contributed by atoms with van der Waals surface area (Å²) in [5, 5.41) is 3.97. The molecule has 31 heavy (non-hydrogen) atoms. The predicted molar refractivity (Wildman–Crippen MR) is 120 cm³/mol. The fourth-order valence-corrected chi connectivity index (χ4v) is 4.10. The van der Waals surface area contributed by atoms with Crippen molar-refractivity contribution in [2.45, 2.75) is 46.2 Å². The maximum Gasteiger partial charge on any atom is 0.240 e. The van der Waals surface area contributed by atoms with E-state index in [-0.39, 0.29) is 24.3 Å². The fraction of sp³-hybridized carbons (Fsp3) is 0.360. The summed E-state index contributed by atoms with van der Waals surface area (Å²) in [6.07, 6.45) is 3.47. The van der Waals surface area contributed by atoms with Crippen LogP contribution in [0.4, 0.5) is 0 Å². The number of nitrogens with one attached hydrogen (secondary N) is 1. The third-order valence-electron chi connectivity index (χ3n) is 5.71. The quantitative estimate of drug-likeness (QED) is 0.599. The number of ether oxygens (including phenoxy) is 2. The normalized spacial score (nSPS) is 14.2. The lowest BCUT2D eigenvalue weighted by Crippen LogP contribution is -2.30. The minimum absolute atomic E-state index is 0.00187. The number of amides is 1. The van der Waals surface area contributed by atoms with Gasteiger partial charge in [0.05, 0.1) is 24.8 Å². The van der Waals surface area contributed by atoms with Crippen molar-refractivity contribution in [2.75, 3.05) is 13.2 Å². The molecule has 1 amide bonds. The summed E-state index contributed by atoms with van der Waals surface area (Å²) in [6.45, 7) is 7.00. The minimum Gasteiger partial charge on any atom is -0.490 e. The van der Waals surface area contributed by atoms with E-state index >= 15 is 0 Å². The molecule has 0 radical (unpaired) electrons. The molecular formula is C25H28N2O4. The van der Waals surface area contributed by atoms with Crippen molar-refractivity contribution in [1.29, 1.82) is 0 Å².